The van der Waals surface area contributed by atoms with Gasteiger partial charge < -0.3 is 16.4 Å². The quantitative estimate of drug-likeness (QED) is 0.662. The highest BCUT2D eigenvalue weighted by atomic mass is 16.2. The van der Waals surface area contributed by atoms with Crippen LogP contribution in [0.15, 0.2) is 42.5 Å². The van der Waals surface area contributed by atoms with Gasteiger partial charge in [-0.25, -0.2) is 4.79 Å². The average molecular weight is 380 g/mol. The minimum absolute atomic E-state index is 0.461. The monoisotopic (exact) mass is 380 g/mol. The van der Waals surface area contributed by atoms with Gasteiger partial charge >= 0.3 is 6.03 Å². The third-order valence-corrected chi connectivity index (χ3v) is 5.50. The van der Waals surface area contributed by atoms with E-state index in [2.05, 4.69) is 10.6 Å². The normalized spacial score (nSPS) is 22.8. The van der Waals surface area contributed by atoms with Gasteiger partial charge in [0.1, 0.15) is 17.6 Å². The fraction of sp³-hybridized carbons (Fsp3) is 0.300. The van der Waals surface area contributed by atoms with Crippen LogP contribution in [0.25, 0.3) is 10.8 Å². The van der Waals surface area contributed by atoms with Crippen molar-refractivity contribution in [3.05, 3.63) is 48.0 Å². The Morgan fingerprint density at radius 2 is 1.82 bits per heavy atom. The summed E-state index contributed by atoms with van der Waals surface area (Å²) in [5.41, 5.74) is 3.60. The summed E-state index contributed by atoms with van der Waals surface area (Å²) < 4.78 is 0. The SMILES string of the molecule is CC1(c2ccc3ccccc3c2)NC(=O)N(CC(=O)NC2(C(N)=O)CC2)C1=O. The largest absolute Gasteiger partial charge is 0.368 e. The first-order chi connectivity index (χ1) is 13.2. The minimum Gasteiger partial charge on any atom is -0.368 e. The maximum Gasteiger partial charge on any atom is 0.325 e. The summed E-state index contributed by atoms with van der Waals surface area (Å²) in [6.07, 6.45) is 0.923. The van der Waals surface area contributed by atoms with Crippen LogP contribution in [0, 0.1) is 0 Å². The molecular formula is C20H20N4O4. The van der Waals surface area contributed by atoms with Crippen molar-refractivity contribution in [2.45, 2.75) is 30.8 Å². The molecule has 4 rings (SSSR count). The van der Waals surface area contributed by atoms with Crippen LogP contribution in [-0.2, 0) is 19.9 Å². The summed E-state index contributed by atoms with van der Waals surface area (Å²) in [7, 11) is 0. The number of amides is 5. The second-order valence-electron chi connectivity index (χ2n) is 7.50. The molecule has 0 radical (unpaired) electrons. The number of hydrogen-bond acceptors (Lipinski definition) is 4. The summed E-state index contributed by atoms with van der Waals surface area (Å²) >= 11 is 0. The summed E-state index contributed by atoms with van der Waals surface area (Å²) in [6.45, 7) is 1.14. The van der Waals surface area contributed by atoms with Crippen molar-refractivity contribution in [3.8, 4) is 0 Å². The van der Waals surface area contributed by atoms with E-state index in [9.17, 15) is 19.2 Å². The first-order valence-electron chi connectivity index (χ1n) is 8.99. The molecule has 2 fully saturated rings. The van der Waals surface area contributed by atoms with Crippen molar-refractivity contribution in [1.29, 1.82) is 0 Å². The van der Waals surface area contributed by atoms with Gasteiger partial charge in [-0.2, -0.15) is 0 Å². The van der Waals surface area contributed by atoms with Crippen LogP contribution >= 0.6 is 0 Å². The molecule has 8 heteroatoms. The lowest BCUT2D eigenvalue weighted by atomic mass is 9.90. The van der Waals surface area contributed by atoms with Crippen molar-refractivity contribution in [2.24, 2.45) is 5.73 Å². The number of nitrogens with one attached hydrogen (secondary N) is 2. The van der Waals surface area contributed by atoms with Crippen LogP contribution in [0.4, 0.5) is 4.79 Å². The van der Waals surface area contributed by atoms with Gasteiger partial charge in [0.05, 0.1) is 0 Å². The fourth-order valence-electron chi connectivity index (χ4n) is 3.54. The molecule has 1 saturated heterocycles. The number of benzene rings is 2. The number of urea groups is 1. The highest BCUT2D eigenvalue weighted by Gasteiger charge is 2.52. The predicted molar refractivity (Wildman–Crippen MR) is 101 cm³/mol. The van der Waals surface area contributed by atoms with Crippen molar-refractivity contribution in [1.82, 2.24) is 15.5 Å². The molecular weight excluding hydrogens is 360 g/mol. The predicted octanol–water partition coefficient (Wildman–Crippen LogP) is 0.741. The van der Waals surface area contributed by atoms with E-state index < -0.39 is 41.4 Å². The molecule has 1 saturated carbocycles. The second-order valence-corrected chi connectivity index (χ2v) is 7.50. The lowest BCUT2D eigenvalue weighted by Gasteiger charge is -2.23. The maximum atomic E-state index is 13.0. The van der Waals surface area contributed by atoms with Crippen molar-refractivity contribution >= 4 is 34.5 Å². The van der Waals surface area contributed by atoms with Crippen LogP contribution < -0.4 is 16.4 Å². The van der Waals surface area contributed by atoms with E-state index in [4.69, 9.17) is 5.73 Å². The zero-order valence-electron chi connectivity index (χ0n) is 15.3. The zero-order valence-corrected chi connectivity index (χ0v) is 15.3. The molecule has 8 nitrogen and oxygen atoms in total. The third-order valence-electron chi connectivity index (χ3n) is 5.50. The van der Waals surface area contributed by atoms with E-state index in [-0.39, 0.29) is 0 Å². The van der Waals surface area contributed by atoms with E-state index in [1.165, 1.54) is 0 Å². The van der Waals surface area contributed by atoms with Crippen LogP contribution in [0.1, 0.15) is 25.3 Å². The second kappa shape index (κ2) is 6.05. The standard InChI is InChI=1S/C20H20N4O4/c1-19(14-7-6-12-4-2-3-5-13(12)10-14)17(27)24(18(28)23-19)11-15(25)22-20(8-9-20)16(21)26/h2-7,10H,8-9,11H2,1H3,(H2,21,26)(H,22,25)(H,23,28). The van der Waals surface area contributed by atoms with Gasteiger partial charge in [-0.05, 0) is 42.2 Å². The molecule has 1 heterocycles. The molecule has 1 aliphatic heterocycles. The first kappa shape index (κ1) is 18.0. The Morgan fingerprint density at radius 3 is 2.46 bits per heavy atom. The van der Waals surface area contributed by atoms with Crippen LogP contribution in [0.2, 0.25) is 0 Å². The molecule has 2 aromatic carbocycles. The molecule has 1 aliphatic carbocycles. The first-order valence-corrected chi connectivity index (χ1v) is 8.99. The number of carbonyl (C=O) groups is 4. The average Bonchev–Trinajstić information content (AvgIpc) is 3.41. The van der Waals surface area contributed by atoms with Crippen molar-refractivity contribution in [2.75, 3.05) is 6.54 Å². The summed E-state index contributed by atoms with van der Waals surface area (Å²) in [5, 5.41) is 7.18. The Morgan fingerprint density at radius 1 is 1.14 bits per heavy atom. The lowest BCUT2D eigenvalue weighted by Crippen LogP contribution is -2.51. The van der Waals surface area contributed by atoms with E-state index in [0.29, 0.717) is 18.4 Å². The van der Waals surface area contributed by atoms with Crippen LogP contribution in [0.5, 0.6) is 0 Å². The minimum atomic E-state index is -1.28. The fourth-order valence-corrected chi connectivity index (χ4v) is 3.54. The molecule has 2 aliphatic rings. The van der Waals surface area contributed by atoms with Gasteiger partial charge in [-0.3, -0.25) is 19.3 Å². The van der Waals surface area contributed by atoms with Gasteiger partial charge in [-0.1, -0.05) is 36.4 Å². The summed E-state index contributed by atoms with van der Waals surface area (Å²) in [6, 6.07) is 12.6. The smallest absolute Gasteiger partial charge is 0.325 e. The van der Waals surface area contributed by atoms with E-state index >= 15 is 0 Å². The molecule has 2 aromatic rings. The number of primary amides is 1. The van der Waals surface area contributed by atoms with Crippen LogP contribution in [-0.4, -0.2) is 40.7 Å². The molecule has 1 unspecified atom stereocenters. The Labute approximate surface area is 161 Å². The van der Waals surface area contributed by atoms with Gasteiger partial charge in [0.2, 0.25) is 11.8 Å². The lowest BCUT2D eigenvalue weighted by molar-refractivity contribution is -0.135. The molecule has 0 spiro atoms. The third kappa shape index (κ3) is 2.77. The number of fused-ring (bicyclic) bond motifs is 1. The number of carbonyl (C=O) groups excluding carboxylic acids is 4. The Bertz CT molecular complexity index is 1030. The van der Waals surface area contributed by atoms with Crippen LogP contribution in [0.3, 0.4) is 0 Å². The van der Waals surface area contributed by atoms with Gasteiger partial charge in [-0.15, -0.1) is 0 Å². The molecule has 0 aromatic heterocycles. The van der Waals surface area contributed by atoms with E-state index in [1.807, 2.05) is 36.4 Å². The van der Waals surface area contributed by atoms with Gasteiger partial charge in [0, 0.05) is 0 Å². The summed E-state index contributed by atoms with van der Waals surface area (Å²) in [4.78, 5) is 50.0. The Kier molecular flexibility index (Phi) is 3.88. The maximum absolute atomic E-state index is 13.0. The number of nitrogens with two attached hydrogens (primary N) is 1. The molecule has 28 heavy (non-hydrogen) atoms. The molecule has 144 valence electrons. The van der Waals surface area contributed by atoms with Crippen molar-refractivity contribution in [3.63, 3.8) is 0 Å². The Hall–Kier alpha value is -3.42. The summed E-state index contributed by atoms with van der Waals surface area (Å²) in [5.74, 6) is -1.73. The highest BCUT2D eigenvalue weighted by molar-refractivity contribution is 6.09. The van der Waals surface area contributed by atoms with Gasteiger partial charge in [0.15, 0.2) is 0 Å². The molecule has 1 atom stereocenters. The van der Waals surface area contributed by atoms with E-state index in [1.54, 1.807) is 13.0 Å². The molecule has 5 amide bonds. The molecule has 0 bridgehead atoms. The number of hydrogen-bond donors (Lipinski definition) is 3. The Balaban J connectivity index is 1.55. The molecule has 4 N–H and O–H groups in total. The number of imide groups is 1. The topological polar surface area (TPSA) is 122 Å². The highest BCUT2D eigenvalue weighted by Crippen LogP contribution is 2.35. The van der Waals surface area contributed by atoms with E-state index in [0.717, 1.165) is 15.7 Å². The number of nitrogens with zero attached hydrogens (tertiary/aromatic N) is 1. The number of rotatable bonds is 5. The zero-order chi connectivity index (χ0) is 20.1. The van der Waals surface area contributed by atoms with Gasteiger partial charge in [0.25, 0.3) is 5.91 Å². The van der Waals surface area contributed by atoms with Crippen molar-refractivity contribution < 1.29 is 19.2 Å².